The number of aliphatic imine (C=N–C) groups is 1. The minimum absolute atomic E-state index is 0.00552. The monoisotopic (exact) mass is 473 g/mol. The molecule has 1 saturated heterocycles. The van der Waals surface area contributed by atoms with Gasteiger partial charge in [-0.3, -0.25) is 14.6 Å². The molecule has 0 bridgehead atoms. The first-order chi connectivity index (χ1) is 16.0. The summed E-state index contributed by atoms with van der Waals surface area (Å²) >= 11 is 1.25. The summed E-state index contributed by atoms with van der Waals surface area (Å²) in [6.07, 6.45) is 0.673. The highest BCUT2D eigenvalue weighted by molar-refractivity contribution is 8.15. The van der Waals surface area contributed by atoms with Crippen molar-refractivity contribution in [2.75, 3.05) is 40.3 Å². The molecule has 3 rings (SSSR count). The Morgan fingerprint density at radius 2 is 1.73 bits per heavy atom. The van der Waals surface area contributed by atoms with E-state index in [0.717, 1.165) is 5.56 Å². The molecule has 1 fully saturated rings. The fraction of sp³-hybridized carbons (Fsp3) is 0.348. The van der Waals surface area contributed by atoms with Crippen molar-refractivity contribution < 1.29 is 28.5 Å². The third-order valence-corrected chi connectivity index (χ3v) is 6.05. The number of ether oxygens (including phenoxy) is 4. The van der Waals surface area contributed by atoms with Crippen LogP contribution in [0.5, 0.6) is 23.0 Å². The van der Waals surface area contributed by atoms with Gasteiger partial charge in [0.2, 0.25) is 11.8 Å². The molecule has 176 valence electrons. The van der Waals surface area contributed by atoms with E-state index < -0.39 is 5.25 Å². The summed E-state index contributed by atoms with van der Waals surface area (Å²) < 4.78 is 21.0. The van der Waals surface area contributed by atoms with Gasteiger partial charge in [0.1, 0.15) is 16.7 Å². The van der Waals surface area contributed by atoms with Gasteiger partial charge >= 0.3 is 0 Å². The molecule has 9 nitrogen and oxygen atoms in total. The van der Waals surface area contributed by atoms with E-state index >= 15 is 0 Å². The fourth-order valence-corrected chi connectivity index (χ4v) is 4.21. The summed E-state index contributed by atoms with van der Waals surface area (Å²) in [6, 6.07) is 10.8. The zero-order chi connectivity index (χ0) is 23.8. The van der Waals surface area contributed by atoms with Crippen LogP contribution in [0.2, 0.25) is 0 Å². The molecule has 1 aliphatic heterocycles. The number of amidine groups is 1. The quantitative estimate of drug-likeness (QED) is 0.546. The molecule has 2 aromatic rings. The second-order valence-electron chi connectivity index (χ2n) is 7.04. The summed E-state index contributed by atoms with van der Waals surface area (Å²) in [5.74, 6) is 1.87. The van der Waals surface area contributed by atoms with Crippen molar-refractivity contribution in [2.24, 2.45) is 4.99 Å². The lowest BCUT2D eigenvalue weighted by molar-refractivity contribution is -0.122. The van der Waals surface area contributed by atoms with Crippen molar-refractivity contribution in [3.63, 3.8) is 0 Å². The number of nitrogens with zero attached hydrogens (tertiary/aromatic N) is 1. The average molecular weight is 474 g/mol. The topological polar surface area (TPSA) is 107 Å². The molecule has 1 unspecified atom stereocenters. The number of carbonyl (C=O) groups is 2. The molecule has 2 aromatic carbocycles. The number of amides is 2. The number of hydrogen-bond acceptors (Lipinski definition) is 8. The maximum Gasteiger partial charge on any atom is 0.240 e. The van der Waals surface area contributed by atoms with Crippen LogP contribution in [0.25, 0.3) is 0 Å². The molecule has 10 heteroatoms. The second-order valence-corrected chi connectivity index (χ2v) is 8.23. The van der Waals surface area contributed by atoms with E-state index in [1.165, 1.54) is 18.9 Å². The van der Waals surface area contributed by atoms with Gasteiger partial charge in [-0.2, -0.15) is 0 Å². The van der Waals surface area contributed by atoms with E-state index in [-0.39, 0.29) is 18.2 Å². The first kappa shape index (κ1) is 24.2. The molecule has 1 aliphatic rings. The summed E-state index contributed by atoms with van der Waals surface area (Å²) in [4.78, 5) is 29.3. The van der Waals surface area contributed by atoms with Gasteiger partial charge in [0, 0.05) is 19.0 Å². The lowest BCUT2D eigenvalue weighted by Gasteiger charge is -2.12. The van der Waals surface area contributed by atoms with Crippen molar-refractivity contribution in [1.29, 1.82) is 0 Å². The first-order valence-electron chi connectivity index (χ1n) is 10.2. The largest absolute Gasteiger partial charge is 0.497 e. The first-order valence-corrected chi connectivity index (χ1v) is 11.1. The van der Waals surface area contributed by atoms with Crippen LogP contribution in [0.15, 0.2) is 41.4 Å². The molecule has 1 heterocycles. The van der Waals surface area contributed by atoms with Gasteiger partial charge in [-0.05, 0) is 36.2 Å². The highest BCUT2D eigenvalue weighted by Crippen LogP contribution is 2.30. The predicted octanol–water partition coefficient (Wildman–Crippen LogP) is 2.88. The number of benzene rings is 2. The van der Waals surface area contributed by atoms with Gasteiger partial charge < -0.3 is 29.6 Å². The number of methoxy groups -OCH3 is 4. The molecule has 0 aliphatic carbocycles. The second kappa shape index (κ2) is 11.5. The van der Waals surface area contributed by atoms with Gasteiger partial charge in [0.15, 0.2) is 16.7 Å². The normalized spacial score (nSPS) is 16.3. The average Bonchev–Trinajstić information content (AvgIpc) is 3.17. The zero-order valence-electron chi connectivity index (χ0n) is 19.0. The SMILES string of the molecule is COc1ccc(OC)c(NC(=O)CC2SC(=NCCc3ccc(OC)c(OC)c3)NC2=O)c1. The van der Waals surface area contributed by atoms with Crippen LogP contribution in [0, 0.1) is 0 Å². The number of hydrogen-bond donors (Lipinski definition) is 2. The standard InChI is InChI=1S/C23H27N3O6S/c1-29-15-6-8-17(30-2)16(12-15)25-21(27)13-20-22(28)26-23(33-20)24-10-9-14-5-7-18(31-3)19(11-14)32-4/h5-8,11-12,20H,9-10,13H2,1-4H3,(H,25,27)(H,24,26,28). The van der Waals surface area contributed by atoms with Crippen LogP contribution >= 0.6 is 11.8 Å². The van der Waals surface area contributed by atoms with E-state index in [0.29, 0.717) is 46.8 Å². The molecule has 1 atom stereocenters. The maximum absolute atomic E-state index is 12.5. The van der Waals surface area contributed by atoms with Crippen molar-refractivity contribution in [3.8, 4) is 23.0 Å². The van der Waals surface area contributed by atoms with Crippen molar-refractivity contribution >= 4 is 34.4 Å². The van der Waals surface area contributed by atoms with Crippen LogP contribution in [-0.4, -0.2) is 57.2 Å². The molecule has 0 aromatic heterocycles. The van der Waals surface area contributed by atoms with E-state index in [1.54, 1.807) is 39.5 Å². The molecule has 0 radical (unpaired) electrons. The van der Waals surface area contributed by atoms with Gasteiger partial charge in [-0.1, -0.05) is 17.8 Å². The highest BCUT2D eigenvalue weighted by atomic mass is 32.2. The predicted molar refractivity (Wildman–Crippen MR) is 128 cm³/mol. The van der Waals surface area contributed by atoms with Crippen molar-refractivity contribution in [2.45, 2.75) is 18.1 Å². The Hall–Kier alpha value is -3.40. The third-order valence-electron chi connectivity index (χ3n) is 4.93. The van der Waals surface area contributed by atoms with Crippen molar-refractivity contribution in [3.05, 3.63) is 42.0 Å². The van der Waals surface area contributed by atoms with Crippen molar-refractivity contribution in [1.82, 2.24) is 5.32 Å². The zero-order valence-corrected chi connectivity index (χ0v) is 19.8. The number of anilines is 1. The van der Waals surface area contributed by atoms with Gasteiger partial charge in [-0.15, -0.1) is 0 Å². The Bertz CT molecular complexity index is 1040. The lowest BCUT2D eigenvalue weighted by atomic mass is 10.1. The Labute approximate surface area is 196 Å². The summed E-state index contributed by atoms with van der Waals surface area (Å²) in [5.41, 5.74) is 1.52. The van der Waals surface area contributed by atoms with Crippen LogP contribution in [0.4, 0.5) is 5.69 Å². The van der Waals surface area contributed by atoms with Crippen LogP contribution in [-0.2, 0) is 16.0 Å². The highest BCUT2D eigenvalue weighted by Gasteiger charge is 2.32. The smallest absolute Gasteiger partial charge is 0.240 e. The Kier molecular flexibility index (Phi) is 8.42. The molecular formula is C23H27N3O6S. The van der Waals surface area contributed by atoms with Crippen LogP contribution in [0.3, 0.4) is 0 Å². The summed E-state index contributed by atoms with van der Waals surface area (Å²) in [5, 5.41) is 5.49. The van der Waals surface area contributed by atoms with E-state index in [2.05, 4.69) is 15.6 Å². The molecule has 0 spiro atoms. The van der Waals surface area contributed by atoms with Gasteiger partial charge in [0.05, 0.1) is 34.1 Å². The lowest BCUT2D eigenvalue weighted by Crippen LogP contribution is -2.28. The molecular weight excluding hydrogens is 446 g/mol. The van der Waals surface area contributed by atoms with E-state index in [9.17, 15) is 9.59 Å². The number of carbonyl (C=O) groups excluding carboxylic acids is 2. The molecule has 2 amide bonds. The van der Waals surface area contributed by atoms with Gasteiger partial charge in [-0.25, -0.2) is 0 Å². The Morgan fingerprint density at radius 3 is 2.42 bits per heavy atom. The number of nitrogens with one attached hydrogen (secondary N) is 2. The minimum atomic E-state index is -0.554. The maximum atomic E-state index is 12.5. The number of rotatable bonds is 10. The van der Waals surface area contributed by atoms with E-state index in [4.69, 9.17) is 18.9 Å². The van der Waals surface area contributed by atoms with Gasteiger partial charge in [0.25, 0.3) is 0 Å². The summed E-state index contributed by atoms with van der Waals surface area (Å²) in [7, 11) is 6.24. The van der Waals surface area contributed by atoms with Crippen LogP contribution < -0.4 is 29.6 Å². The molecule has 0 saturated carbocycles. The molecule has 2 N–H and O–H groups in total. The third kappa shape index (κ3) is 6.32. The van der Waals surface area contributed by atoms with E-state index in [1.807, 2.05) is 18.2 Å². The number of thioether (sulfide) groups is 1. The summed E-state index contributed by atoms with van der Waals surface area (Å²) in [6.45, 7) is 0.484. The molecule has 33 heavy (non-hydrogen) atoms. The fourth-order valence-electron chi connectivity index (χ4n) is 3.22. The van der Waals surface area contributed by atoms with Crippen LogP contribution in [0.1, 0.15) is 12.0 Å². The Balaban J connectivity index is 1.55. The Morgan fingerprint density at radius 1 is 1.00 bits per heavy atom. The minimum Gasteiger partial charge on any atom is -0.497 e.